The Morgan fingerprint density at radius 3 is 2.31 bits per heavy atom. The number of hydrogen-bond donors (Lipinski definition) is 2. The number of alkyl halides is 3. The minimum Gasteiger partial charge on any atom is -0.481 e. The first-order valence-electron chi connectivity index (χ1n) is 3.88. The van der Waals surface area contributed by atoms with Crippen LogP contribution < -0.4 is 5.73 Å². The van der Waals surface area contributed by atoms with Crippen molar-refractivity contribution in [3.8, 4) is 0 Å². The number of rotatable bonds is 3. The summed E-state index contributed by atoms with van der Waals surface area (Å²) < 4.78 is 36.1. The Labute approximate surface area is 72.7 Å². The zero-order valence-electron chi connectivity index (χ0n) is 6.71. The van der Waals surface area contributed by atoms with Crippen molar-refractivity contribution >= 4 is 5.97 Å². The Hall–Kier alpha value is -0.780. The van der Waals surface area contributed by atoms with Gasteiger partial charge in [0.1, 0.15) is 0 Å². The molecule has 1 rings (SSSR count). The average Bonchev–Trinajstić information content (AvgIpc) is 2.55. The van der Waals surface area contributed by atoms with Gasteiger partial charge in [0.25, 0.3) is 0 Å². The quantitative estimate of drug-likeness (QED) is 0.709. The van der Waals surface area contributed by atoms with E-state index in [1.807, 2.05) is 0 Å². The molecule has 0 unspecified atom stereocenters. The Morgan fingerprint density at radius 1 is 1.46 bits per heavy atom. The lowest BCUT2D eigenvalue weighted by molar-refractivity contribution is -0.152. The largest absolute Gasteiger partial charge is 0.481 e. The summed E-state index contributed by atoms with van der Waals surface area (Å²) >= 11 is 0. The number of hydrogen-bond acceptors (Lipinski definition) is 2. The number of carbonyl (C=O) groups is 1. The highest BCUT2D eigenvalue weighted by Crippen LogP contribution is 2.51. The van der Waals surface area contributed by atoms with Crippen molar-refractivity contribution in [2.24, 2.45) is 17.6 Å². The Kier molecular flexibility index (Phi) is 2.51. The van der Waals surface area contributed by atoms with Crippen LogP contribution in [-0.4, -0.2) is 23.3 Å². The van der Waals surface area contributed by atoms with Gasteiger partial charge in [-0.25, -0.2) is 0 Å². The number of halogens is 3. The zero-order chi connectivity index (χ0) is 10.2. The maximum absolute atomic E-state index is 12.0. The fourth-order valence-electron chi connectivity index (χ4n) is 1.52. The van der Waals surface area contributed by atoms with E-state index >= 15 is 0 Å². The maximum Gasteiger partial charge on any atom is 0.393 e. The lowest BCUT2D eigenvalue weighted by atomic mass is 10.2. The Morgan fingerprint density at radius 2 is 2.00 bits per heavy atom. The standard InChI is InChI=1S/C7H10F3NO2/c8-7(9,10)5-3(6(5)11)1-2-4(12)13/h3,5-6H,1-2,11H2,(H,12,13)/t3-,5-,6-/m0/s1. The first-order valence-corrected chi connectivity index (χ1v) is 3.88. The van der Waals surface area contributed by atoms with Crippen molar-refractivity contribution in [2.45, 2.75) is 25.1 Å². The molecule has 76 valence electrons. The summed E-state index contributed by atoms with van der Waals surface area (Å²) in [7, 11) is 0. The van der Waals surface area contributed by atoms with E-state index in [2.05, 4.69) is 0 Å². The summed E-state index contributed by atoms with van der Waals surface area (Å²) in [5.74, 6) is -3.28. The molecule has 3 atom stereocenters. The predicted molar refractivity (Wildman–Crippen MR) is 37.9 cm³/mol. The van der Waals surface area contributed by atoms with E-state index in [1.165, 1.54) is 0 Å². The highest BCUT2D eigenvalue weighted by Gasteiger charge is 2.62. The molecule has 0 amide bonds. The fraction of sp³-hybridized carbons (Fsp3) is 0.857. The topological polar surface area (TPSA) is 63.3 Å². The van der Waals surface area contributed by atoms with E-state index < -0.39 is 30.0 Å². The molecule has 0 aromatic rings. The number of aliphatic carboxylic acids is 1. The Bertz CT molecular complexity index is 216. The highest BCUT2D eigenvalue weighted by atomic mass is 19.4. The number of carboxylic acid groups (broad SMARTS) is 1. The summed E-state index contributed by atoms with van der Waals surface area (Å²) in [5, 5.41) is 8.24. The molecule has 13 heavy (non-hydrogen) atoms. The summed E-state index contributed by atoms with van der Waals surface area (Å²) in [4.78, 5) is 10.1. The molecule has 6 heteroatoms. The van der Waals surface area contributed by atoms with Crippen molar-refractivity contribution < 1.29 is 23.1 Å². The molecular weight excluding hydrogens is 187 g/mol. The van der Waals surface area contributed by atoms with Gasteiger partial charge in [0.15, 0.2) is 0 Å². The molecule has 3 nitrogen and oxygen atoms in total. The summed E-state index contributed by atoms with van der Waals surface area (Å²) in [5.41, 5.74) is 5.17. The molecule has 0 spiro atoms. The molecule has 0 aromatic heterocycles. The summed E-state index contributed by atoms with van der Waals surface area (Å²) in [6, 6.07) is -0.903. The molecule has 1 saturated carbocycles. The van der Waals surface area contributed by atoms with E-state index in [4.69, 9.17) is 10.8 Å². The summed E-state index contributed by atoms with van der Waals surface area (Å²) in [6.45, 7) is 0. The third-order valence-corrected chi connectivity index (χ3v) is 2.30. The van der Waals surface area contributed by atoms with Crippen molar-refractivity contribution in [1.29, 1.82) is 0 Å². The summed E-state index contributed by atoms with van der Waals surface area (Å²) in [6.07, 6.45) is -4.51. The van der Waals surface area contributed by atoms with Gasteiger partial charge in [0, 0.05) is 12.5 Å². The first kappa shape index (κ1) is 10.3. The van der Waals surface area contributed by atoms with Gasteiger partial charge in [-0.05, 0) is 12.3 Å². The third kappa shape index (κ3) is 2.33. The van der Waals surface area contributed by atoms with Crippen LogP contribution in [-0.2, 0) is 4.79 Å². The van der Waals surface area contributed by atoms with Crippen LogP contribution in [0.3, 0.4) is 0 Å². The Balaban J connectivity index is 2.36. The molecule has 0 heterocycles. The molecule has 0 radical (unpaired) electrons. The van der Waals surface area contributed by atoms with Crippen molar-refractivity contribution in [1.82, 2.24) is 0 Å². The lowest BCUT2D eigenvalue weighted by Crippen LogP contribution is -2.17. The average molecular weight is 197 g/mol. The van der Waals surface area contributed by atoms with Gasteiger partial charge in [-0.15, -0.1) is 0 Å². The number of nitrogens with two attached hydrogens (primary N) is 1. The normalized spacial score (nSPS) is 33.1. The van der Waals surface area contributed by atoms with Gasteiger partial charge in [-0.1, -0.05) is 0 Å². The van der Waals surface area contributed by atoms with Crippen molar-refractivity contribution in [3.63, 3.8) is 0 Å². The maximum atomic E-state index is 12.0. The van der Waals surface area contributed by atoms with Gasteiger partial charge in [-0.2, -0.15) is 13.2 Å². The van der Waals surface area contributed by atoms with Gasteiger partial charge >= 0.3 is 12.1 Å². The van der Waals surface area contributed by atoms with E-state index in [-0.39, 0.29) is 12.8 Å². The molecule has 0 bridgehead atoms. The van der Waals surface area contributed by atoms with Crippen LogP contribution in [0, 0.1) is 11.8 Å². The monoisotopic (exact) mass is 197 g/mol. The third-order valence-electron chi connectivity index (χ3n) is 2.30. The smallest absolute Gasteiger partial charge is 0.393 e. The highest BCUT2D eigenvalue weighted by molar-refractivity contribution is 5.66. The van der Waals surface area contributed by atoms with Gasteiger partial charge in [0.2, 0.25) is 0 Å². The van der Waals surface area contributed by atoms with Crippen LogP contribution in [0.15, 0.2) is 0 Å². The van der Waals surface area contributed by atoms with Crippen LogP contribution in [0.25, 0.3) is 0 Å². The van der Waals surface area contributed by atoms with Gasteiger partial charge in [-0.3, -0.25) is 4.79 Å². The second-order valence-corrected chi connectivity index (χ2v) is 3.24. The number of carboxylic acids is 1. The van der Waals surface area contributed by atoms with Crippen LogP contribution in [0.5, 0.6) is 0 Å². The molecule has 1 aliphatic rings. The molecule has 0 saturated heterocycles. The second-order valence-electron chi connectivity index (χ2n) is 3.24. The first-order chi connectivity index (χ1) is 5.84. The van der Waals surface area contributed by atoms with E-state index in [9.17, 15) is 18.0 Å². The van der Waals surface area contributed by atoms with Crippen LogP contribution in [0.1, 0.15) is 12.8 Å². The van der Waals surface area contributed by atoms with Gasteiger partial charge in [0.05, 0.1) is 5.92 Å². The van der Waals surface area contributed by atoms with Crippen LogP contribution in [0.2, 0.25) is 0 Å². The van der Waals surface area contributed by atoms with Crippen molar-refractivity contribution in [3.05, 3.63) is 0 Å². The molecule has 3 N–H and O–H groups in total. The lowest BCUT2D eigenvalue weighted by Gasteiger charge is -2.03. The van der Waals surface area contributed by atoms with E-state index in [0.29, 0.717) is 0 Å². The van der Waals surface area contributed by atoms with E-state index in [1.54, 1.807) is 0 Å². The second kappa shape index (κ2) is 3.17. The fourth-order valence-corrected chi connectivity index (χ4v) is 1.52. The van der Waals surface area contributed by atoms with Crippen LogP contribution in [0.4, 0.5) is 13.2 Å². The molecule has 1 fully saturated rings. The molecule has 0 aromatic carbocycles. The molecular formula is C7H10F3NO2. The molecule has 0 aliphatic heterocycles. The van der Waals surface area contributed by atoms with Crippen molar-refractivity contribution in [2.75, 3.05) is 0 Å². The minimum absolute atomic E-state index is 0.0146. The van der Waals surface area contributed by atoms with E-state index in [0.717, 1.165) is 0 Å². The SMILES string of the molecule is N[C@H]1[C@@H](CCC(=O)O)[C@@H]1C(F)(F)F. The minimum atomic E-state index is -4.28. The zero-order valence-corrected chi connectivity index (χ0v) is 6.71. The predicted octanol–water partition coefficient (Wildman–Crippen LogP) is 0.987. The molecule has 1 aliphatic carbocycles. The van der Waals surface area contributed by atoms with Gasteiger partial charge < -0.3 is 10.8 Å². The van der Waals surface area contributed by atoms with Crippen LogP contribution >= 0.6 is 0 Å².